The van der Waals surface area contributed by atoms with Crippen LogP contribution in [-0.2, 0) is 23.0 Å². The Balaban J connectivity index is 2.04. The average Bonchev–Trinajstić information content (AvgIpc) is 3.07. The topological polar surface area (TPSA) is 136 Å². The molecule has 2 aromatic heterocycles. The first kappa shape index (κ1) is 23.5. The van der Waals surface area contributed by atoms with Gasteiger partial charge in [-0.1, -0.05) is 13.0 Å². The van der Waals surface area contributed by atoms with Gasteiger partial charge in [0.25, 0.3) is 11.5 Å². The van der Waals surface area contributed by atoms with E-state index in [4.69, 9.17) is 0 Å². The first-order chi connectivity index (χ1) is 16.1. The fraction of sp³-hybridized carbons (Fsp3) is 0.217. The molecule has 2 heterocycles. The number of aromatic amines is 1. The summed E-state index contributed by atoms with van der Waals surface area (Å²) in [4.78, 5) is 28.6. The van der Waals surface area contributed by atoms with Crippen molar-refractivity contribution >= 4 is 27.7 Å². The number of H-pyrrole nitrogens is 1. The normalized spacial score (nSPS) is 15.1. The van der Waals surface area contributed by atoms with Gasteiger partial charge >= 0.3 is 0 Å². The van der Waals surface area contributed by atoms with Gasteiger partial charge in [-0.3, -0.25) is 9.59 Å². The van der Waals surface area contributed by atoms with Crippen molar-refractivity contribution in [3.63, 3.8) is 0 Å². The number of hydrogen-bond acceptors (Lipinski definition) is 6. The van der Waals surface area contributed by atoms with Crippen molar-refractivity contribution in [2.75, 3.05) is 11.7 Å². The lowest BCUT2D eigenvalue weighted by Crippen LogP contribution is -2.32. The molecule has 0 aliphatic heterocycles. The third kappa shape index (κ3) is 4.52. The zero-order valence-electron chi connectivity index (χ0n) is 18.4. The molecule has 0 radical (unpaired) electrons. The van der Waals surface area contributed by atoms with Crippen LogP contribution in [0.25, 0.3) is 17.2 Å². The minimum absolute atomic E-state index is 0.0837. The predicted octanol–water partition coefficient (Wildman–Crippen LogP) is 2.84. The summed E-state index contributed by atoms with van der Waals surface area (Å²) in [5.41, 5.74) is 3.09. The number of halogens is 1. The second kappa shape index (κ2) is 8.92. The Morgan fingerprint density at radius 1 is 1.32 bits per heavy atom. The molecule has 3 N–H and O–H groups in total. The van der Waals surface area contributed by atoms with Crippen molar-refractivity contribution in [2.24, 2.45) is 5.92 Å². The molecule has 1 aromatic carbocycles. The smallest absolute Gasteiger partial charge is 0.282 e. The van der Waals surface area contributed by atoms with Gasteiger partial charge in [0.1, 0.15) is 11.5 Å². The molecular weight excluding hydrogens is 463 g/mol. The Labute approximate surface area is 195 Å². The molecule has 0 spiro atoms. The van der Waals surface area contributed by atoms with Crippen molar-refractivity contribution < 1.29 is 17.6 Å². The van der Waals surface area contributed by atoms with Gasteiger partial charge < -0.3 is 20.2 Å². The number of aromatic nitrogens is 2. The van der Waals surface area contributed by atoms with Crippen molar-refractivity contribution in [1.82, 2.24) is 14.3 Å². The van der Waals surface area contributed by atoms with E-state index in [1.54, 1.807) is 23.7 Å². The highest BCUT2D eigenvalue weighted by atomic mass is 32.2. The molecule has 0 bridgehead atoms. The Bertz CT molecular complexity index is 1470. The first-order valence-electron chi connectivity index (χ1n) is 10.4. The van der Waals surface area contributed by atoms with Gasteiger partial charge in [-0.15, -0.1) is 0 Å². The number of amides is 1. The van der Waals surface area contributed by atoms with Gasteiger partial charge in [0, 0.05) is 34.3 Å². The molecule has 178 valence electrons. The highest BCUT2D eigenvalue weighted by molar-refractivity contribution is 7.89. The number of sulfonamides is 1. The molecule has 0 fully saturated rings. The average molecular weight is 486 g/mol. The lowest BCUT2D eigenvalue weighted by molar-refractivity contribution is 0.0973. The maximum Gasteiger partial charge on any atom is 0.282 e. The summed E-state index contributed by atoms with van der Waals surface area (Å²) in [5, 5.41) is 11.1. The van der Waals surface area contributed by atoms with Crippen LogP contribution in [0.3, 0.4) is 0 Å². The maximum absolute atomic E-state index is 14.7. The molecular formula is C23H22FN4O5S-. The van der Waals surface area contributed by atoms with Crippen LogP contribution in [0, 0.1) is 16.9 Å². The summed E-state index contributed by atoms with van der Waals surface area (Å²) in [6.45, 7) is 1.79. The number of carbonyl (C=O) groups excluding carboxylic acids is 1. The van der Waals surface area contributed by atoms with Crippen LogP contribution < -0.4 is 15.8 Å². The van der Waals surface area contributed by atoms with Crippen molar-refractivity contribution in [1.29, 1.82) is 0 Å². The number of pyridine rings is 1. The lowest BCUT2D eigenvalue weighted by atomic mass is 9.90. The number of benzene rings is 1. The van der Waals surface area contributed by atoms with E-state index in [2.05, 4.69) is 4.98 Å². The van der Waals surface area contributed by atoms with E-state index in [1.165, 1.54) is 22.9 Å². The van der Waals surface area contributed by atoms with Crippen molar-refractivity contribution in [3.8, 4) is 11.1 Å². The van der Waals surface area contributed by atoms with Crippen LogP contribution in [-0.4, -0.2) is 30.1 Å². The zero-order chi connectivity index (χ0) is 24.6. The summed E-state index contributed by atoms with van der Waals surface area (Å²) < 4.78 is 41.9. The summed E-state index contributed by atoms with van der Waals surface area (Å²) >= 11 is 0. The fourth-order valence-electron chi connectivity index (χ4n) is 4.19. The minimum atomic E-state index is -3.94. The van der Waals surface area contributed by atoms with Crippen LogP contribution in [0.2, 0.25) is 0 Å². The van der Waals surface area contributed by atoms with E-state index in [1.807, 2.05) is 17.7 Å². The highest BCUT2D eigenvalue weighted by Crippen LogP contribution is 2.37. The third-order valence-corrected chi connectivity index (χ3v) is 6.15. The van der Waals surface area contributed by atoms with E-state index in [9.17, 15) is 27.6 Å². The van der Waals surface area contributed by atoms with Crippen LogP contribution >= 0.6 is 0 Å². The van der Waals surface area contributed by atoms with Gasteiger partial charge in [-0.25, -0.2) is 17.5 Å². The Hall–Kier alpha value is -3.70. The van der Waals surface area contributed by atoms with E-state index in [-0.39, 0.29) is 40.5 Å². The highest BCUT2D eigenvalue weighted by Gasteiger charge is 2.31. The standard InChI is InChI=1S/C23H22FN4O5S/c1-13-5-8-19-17(10-13)20(16-4-3-9-25-22(16)29)21(23(30)27-34(2,32)33)28(19)12-14-11-15(26-31)6-7-18(14)24/h3-9,11,13,26H,10,12H2,1-2H3,(H,25,29)(H,27,30)/q-1. The van der Waals surface area contributed by atoms with Crippen molar-refractivity contribution in [3.05, 3.63) is 86.5 Å². The molecule has 9 nitrogen and oxygen atoms in total. The zero-order valence-corrected chi connectivity index (χ0v) is 19.2. The van der Waals surface area contributed by atoms with E-state index < -0.39 is 27.3 Å². The molecule has 3 aromatic rings. The second-order valence-electron chi connectivity index (χ2n) is 8.24. The summed E-state index contributed by atoms with van der Waals surface area (Å²) in [6.07, 6.45) is 6.46. The molecule has 34 heavy (non-hydrogen) atoms. The number of rotatable bonds is 6. The van der Waals surface area contributed by atoms with Gasteiger partial charge in [0.15, 0.2) is 0 Å². The molecule has 1 unspecified atom stereocenters. The fourth-order valence-corrected chi connectivity index (χ4v) is 4.62. The molecule has 1 atom stereocenters. The monoisotopic (exact) mass is 485 g/mol. The number of nitrogens with one attached hydrogen (secondary N) is 3. The van der Waals surface area contributed by atoms with Gasteiger partial charge in [0.2, 0.25) is 10.0 Å². The molecule has 11 heteroatoms. The number of hydrogen-bond donors (Lipinski definition) is 3. The van der Waals surface area contributed by atoms with Gasteiger partial charge in [0.05, 0.1) is 12.8 Å². The molecule has 0 saturated heterocycles. The van der Waals surface area contributed by atoms with Gasteiger partial charge in [-0.2, -0.15) is 0 Å². The largest absolute Gasteiger partial charge is 0.761 e. The number of allylic oxidation sites excluding steroid dienone is 1. The maximum atomic E-state index is 14.7. The van der Waals surface area contributed by atoms with Crippen molar-refractivity contribution in [2.45, 2.75) is 19.9 Å². The van der Waals surface area contributed by atoms with E-state index in [0.717, 1.165) is 12.3 Å². The number of anilines is 1. The summed E-state index contributed by atoms with van der Waals surface area (Å²) in [5.74, 6) is -1.47. The Morgan fingerprint density at radius 3 is 2.76 bits per heavy atom. The lowest BCUT2D eigenvalue weighted by Gasteiger charge is -2.17. The quantitative estimate of drug-likeness (QED) is 0.460. The molecule has 4 rings (SSSR count). The Kier molecular flexibility index (Phi) is 6.15. The SMILES string of the molecule is CC1C=Cc2c(c(-c3ccc[nH]c3=O)c(C(=O)NS(C)(=O)=O)n2Cc2cc(N[O-])ccc2F)C1. The number of carbonyl (C=O) groups is 1. The number of nitrogens with zero attached hydrogens (tertiary/aromatic N) is 1. The van der Waals surface area contributed by atoms with Crippen LogP contribution in [0.15, 0.2) is 47.4 Å². The summed E-state index contributed by atoms with van der Waals surface area (Å²) in [7, 11) is -3.94. The van der Waals surface area contributed by atoms with E-state index in [0.29, 0.717) is 17.7 Å². The summed E-state index contributed by atoms with van der Waals surface area (Å²) in [6, 6.07) is 6.87. The number of fused-ring (bicyclic) bond motifs is 1. The minimum Gasteiger partial charge on any atom is -0.761 e. The van der Waals surface area contributed by atoms with Gasteiger partial charge in [-0.05, 0) is 54.3 Å². The van der Waals surface area contributed by atoms with E-state index >= 15 is 0 Å². The second-order valence-corrected chi connectivity index (χ2v) is 9.99. The molecule has 1 aliphatic rings. The predicted molar refractivity (Wildman–Crippen MR) is 127 cm³/mol. The van der Waals surface area contributed by atoms with Crippen LogP contribution in [0.5, 0.6) is 0 Å². The molecule has 1 amide bonds. The first-order valence-corrected chi connectivity index (χ1v) is 12.3. The Morgan fingerprint density at radius 2 is 2.09 bits per heavy atom. The third-order valence-electron chi connectivity index (χ3n) is 5.59. The molecule has 1 aliphatic carbocycles. The molecule has 0 saturated carbocycles. The van der Waals surface area contributed by atoms with Crippen LogP contribution in [0.4, 0.5) is 10.1 Å². The van der Waals surface area contributed by atoms with Crippen LogP contribution in [0.1, 0.15) is 34.2 Å².